The van der Waals surface area contributed by atoms with E-state index in [2.05, 4.69) is 16.5 Å². The van der Waals surface area contributed by atoms with Crippen LogP contribution in [-0.2, 0) is 12.3 Å². The van der Waals surface area contributed by atoms with Gasteiger partial charge in [0.15, 0.2) is 10.9 Å². The first-order valence-corrected chi connectivity index (χ1v) is 9.58. The first-order valence-electron chi connectivity index (χ1n) is 8.59. The third kappa shape index (κ3) is 3.61. The zero-order chi connectivity index (χ0) is 19.5. The minimum Gasteiger partial charge on any atom is -0.440 e. The largest absolute Gasteiger partial charge is 0.440 e. The fraction of sp³-hybridized carbons (Fsp3) is 0.0952. The van der Waals surface area contributed by atoms with Gasteiger partial charge in [0.05, 0.1) is 22.9 Å². The predicted molar refractivity (Wildman–Crippen MR) is 108 cm³/mol. The quantitative estimate of drug-likeness (QED) is 0.271. The topological polar surface area (TPSA) is 60.9 Å². The molecule has 28 heavy (non-hydrogen) atoms. The lowest BCUT2D eigenvalue weighted by molar-refractivity contribution is 0.529. The SMILES string of the molecule is C=CCn1c(SCc2ncc(-c3ccc(F)cc3)o2)nc2ccccc2c1=O. The number of rotatable bonds is 6. The molecule has 0 saturated carbocycles. The summed E-state index contributed by atoms with van der Waals surface area (Å²) in [6, 6.07) is 13.3. The Morgan fingerprint density at radius 1 is 1.18 bits per heavy atom. The van der Waals surface area contributed by atoms with Gasteiger partial charge in [-0.25, -0.2) is 14.4 Å². The van der Waals surface area contributed by atoms with Crippen molar-refractivity contribution in [3.63, 3.8) is 0 Å². The molecule has 2 aromatic carbocycles. The third-order valence-electron chi connectivity index (χ3n) is 4.15. The first-order chi connectivity index (χ1) is 13.7. The molecular formula is C21H16FN3O2S. The average Bonchev–Trinajstić information content (AvgIpc) is 3.18. The molecule has 5 nitrogen and oxygen atoms in total. The van der Waals surface area contributed by atoms with Gasteiger partial charge in [-0.15, -0.1) is 6.58 Å². The molecule has 4 rings (SSSR count). The number of hydrogen-bond donors (Lipinski definition) is 0. The van der Waals surface area contributed by atoms with Gasteiger partial charge in [0, 0.05) is 12.1 Å². The summed E-state index contributed by atoms with van der Waals surface area (Å²) in [5.74, 6) is 1.16. The number of fused-ring (bicyclic) bond motifs is 1. The van der Waals surface area contributed by atoms with E-state index in [4.69, 9.17) is 4.42 Å². The van der Waals surface area contributed by atoms with Crippen LogP contribution in [0.4, 0.5) is 4.39 Å². The standard InChI is InChI=1S/C21H16FN3O2S/c1-2-11-25-20(26)16-5-3-4-6-17(16)24-21(25)28-13-19-23-12-18(27-19)14-7-9-15(22)10-8-14/h2-10,12H,1,11,13H2. The van der Waals surface area contributed by atoms with Crippen LogP contribution in [0.2, 0.25) is 0 Å². The van der Waals surface area contributed by atoms with Gasteiger partial charge < -0.3 is 4.42 Å². The van der Waals surface area contributed by atoms with Crippen molar-refractivity contribution in [2.24, 2.45) is 0 Å². The highest BCUT2D eigenvalue weighted by Gasteiger charge is 2.13. The van der Waals surface area contributed by atoms with Crippen LogP contribution in [0.15, 0.2) is 81.8 Å². The number of oxazole rings is 1. The monoisotopic (exact) mass is 393 g/mol. The maximum Gasteiger partial charge on any atom is 0.262 e. The van der Waals surface area contributed by atoms with Crippen molar-refractivity contribution in [2.45, 2.75) is 17.5 Å². The second kappa shape index (κ2) is 7.82. The highest BCUT2D eigenvalue weighted by atomic mass is 32.2. The van der Waals surface area contributed by atoms with E-state index in [1.54, 1.807) is 35.0 Å². The van der Waals surface area contributed by atoms with Crippen LogP contribution in [0.25, 0.3) is 22.2 Å². The number of allylic oxidation sites excluding steroid dienone is 1. The summed E-state index contributed by atoms with van der Waals surface area (Å²) in [7, 11) is 0. The Labute approximate surface area is 164 Å². The summed E-state index contributed by atoms with van der Waals surface area (Å²) in [6.07, 6.45) is 3.27. The Balaban J connectivity index is 1.60. The third-order valence-corrected chi connectivity index (χ3v) is 5.11. The molecule has 4 aromatic rings. The molecule has 7 heteroatoms. The molecule has 0 N–H and O–H groups in total. The molecule has 140 valence electrons. The maximum atomic E-state index is 13.1. The van der Waals surface area contributed by atoms with Crippen LogP contribution in [0.3, 0.4) is 0 Å². The minimum atomic E-state index is -0.304. The Morgan fingerprint density at radius 3 is 2.75 bits per heavy atom. The number of aromatic nitrogens is 3. The lowest BCUT2D eigenvalue weighted by atomic mass is 10.2. The van der Waals surface area contributed by atoms with E-state index in [1.807, 2.05) is 18.2 Å². The van der Waals surface area contributed by atoms with E-state index < -0.39 is 0 Å². The molecule has 0 aliphatic heterocycles. The molecule has 0 radical (unpaired) electrons. The van der Waals surface area contributed by atoms with Crippen LogP contribution in [0, 0.1) is 5.82 Å². The molecule has 0 saturated heterocycles. The molecule has 0 atom stereocenters. The Kier molecular flexibility index (Phi) is 5.08. The molecule has 0 aliphatic carbocycles. The fourth-order valence-electron chi connectivity index (χ4n) is 2.80. The molecule has 0 amide bonds. The van der Waals surface area contributed by atoms with Crippen LogP contribution < -0.4 is 5.56 Å². The summed E-state index contributed by atoms with van der Waals surface area (Å²) in [6.45, 7) is 4.09. The molecule has 0 aliphatic rings. The second-order valence-corrected chi connectivity index (χ2v) is 6.97. The zero-order valence-corrected chi connectivity index (χ0v) is 15.7. The van der Waals surface area contributed by atoms with Gasteiger partial charge in [-0.2, -0.15) is 0 Å². The average molecular weight is 393 g/mol. The Bertz CT molecular complexity index is 1200. The van der Waals surface area contributed by atoms with E-state index in [0.29, 0.717) is 40.0 Å². The van der Waals surface area contributed by atoms with Crippen LogP contribution in [0.1, 0.15) is 5.89 Å². The molecule has 0 fully saturated rings. The number of halogens is 1. The van der Waals surface area contributed by atoms with Crippen LogP contribution in [0.5, 0.6) is 0 Å². The van der Waals surface area contributed by atoms with E-state index in [0.717, 1.165) is 5.56 Å². The van der Waals surface area contributed by atoms with E-state index >= 15 is 0 Å². The summed E-state index contributed by atoms with van der Waals surface area (Å²) in [4.78, 5) is 21.6. The van der Waals surface area contributed by atoms with Crippen molar-refractivity contribution in [1.29, 1.82) is 0 Å². The minimum absolute atomic E-state index is 0.104. The number of para-hydroxylation sites is 1. The molecule has 2 aromatic heterocycles. The molecule has 2 heterocycles. The second-order valence-electron chi connectivity index (χ2n) is 6.03. The van der Waals surface area contributed by atoms with Crippen LogP contribution in [-0.4, -0.2) is 14.5 Å². The number of hydrogen-bond acceptors (Lipinski definition) is 5. The lowest BCUT2D eigenvalue weighted by Crippen LogP contribution is -2.22. The summed E-state index contributed by atoms with van der Waals surface area (Å²) in [5.41, 5.74) is 1.29. The maximum absolute atomic E-state index is 13.1. The fourth-order valence-corrected chi connectivity index (χ4v) is 3.66. The van der Waals surface area contributed by atoms with E-state index in [1.165, 1.54) is 23.9 Å². The highest BCUT2D eigenvalue weighted by molar-refractivity contribution is 7.98. The summed E-state index contributed by atoms with van der Waals surface area (Å²) in [5, 5.41) is 1.15. The van der Waals surface area contributed by atoms with E-state index in [-0.39, 0.29) is 11.4 Å². The van der Waals surface area contributed by atoms with Crippen LogP contribution >= 0.6 is 11.8 Å². The van der Waals surface area contributed by atoms with Gasteiger partial charge in [0.25, 0.3) is 5.56 Å². The van der Waals surface area contributed by atoms with Crippen molar-refractivity contribution >= 4 is 22.7 Å². The zero-order valence-electron chi connectivity index (χ0n) is 14.8. The van der Waals surface area contributed by atoms with Crippen molar-refractivity contribution in [1.82, 2.24) is 14.5 Å². The molecule has 0 bridgehead atoms. The van der Waals surface area contributed by atoms with Gasteiger partial charge in [0.2, 0.25) is 5.89 Å². The van der Waals surface area contributed by atoms with Gasteiger partial charge >= 0.3 is 0 Å². The first kappa shape index (κ1) is 18.2. The van der Waals surface area contributed by atoms with Gasteiger partial charge in [0.1, 0.15) is 5.82 Å². The van der Waals surface area contributed by atoms with Crippen molar-refractivity contribution in [2.75, 3.05) is 0 Å². The molecular weight excluding hydrogens is 377 g/mol. The summed E-state index contributed by atoms with van der Waals surface area (Å²) < 4.78 is 20.4. The van der Waals surface area contributed by atoms with E-state index in [9.17, 15) is 9.18 Å². The highest BCUT2D eigenvalue weighted by Crippen LogP contribution is 2.25. The van der Waals surface area contributed by atoms with Gasteiger partial charge in [-0.1, -0.05) is 30.0 Å². The van der Waals surface area contributed by atoms with Crippen molar-refractivity contribution < 1.29 is 8.81 Å². The Hall–Kier alpha value is -3.19. The smallest absolute Gasteiger partial charge is 0.262 e. The van der Waals surface area contributed by atoms with Gasteiger partial charge in [-0.3, -0.25) is 9.36 Å². The normalized spacial score (nSPS) is 11.0. The number of nitrogens with zero attached hydrogens (tertiary/aromatic N) is 3. The molecule has 0 spiro atoms. The lowest BCUT2D eigenvalue weighted by Gasteiger charge is -2.10. The van der Waals surface area contributed by atoms with Crippen molar-refractivity contribution in [3.8, 4) is 11.3 Å². The summed E-state index contributed by atoms with van der Waals surface area (Å²) >= 11 is 1.37. The molecule has 0 unspecified atom stereocenters. The number of benzene rings is 2. The Morgan fingerprint density at radius 2 is 1.96 bits per heavy atom. The van der Waals surface area contributed by atoms with Crippen molar-refractivity contribution in [3.05, 3.63) is 89.4 Å². The van der Waals surface area contributed by atoms with Gasteiger partial charge in [-0.05, 0) is 36.4 Å². The number of thioether (sulfide) groups is 1. The predicted octanol–water partition coefficient (Wildman–Crippen LogP) is 4.67.